The molecule has 1 aliphatic rings. The topological polar surface area (TPSA) is 79.5 Å². The third kappa shape index (κ3) is 8.32. The SMILES string of the molecule is CC(C)CC(C(=O)c1nnc(SCCN(C)C)o1)N(C=O)C1(CCc2ccccc2)CCCCC1.Cl. The molecule has 7 nitrogen and oxygen atoms in total. The van der Waals surface area contributed by atoms with Crippen LogP contribution in [0.4, 0.5) is 0 Å². The predicted molar refractivity (Wildman–Crippen MR) is 147 cm³/mol. The fourth-order valence-corrected chi connectivity index (χ4v) is 5.87. The van der Waals surface area contributed by atoms with E-state index >= 15 is 0 Å². The number of hydrogen-bond donors (Lipinski definition) is 0. The van der Waals surface area contributed by atoms with Crippen molar-refractivity contribution in [2.45, 2.75) is 82.0 Å². The van der Waals surface area contributed by atoms with Gasteiger partial charge in [-0.2, -0.15) is 0 Å². The van der Waals surface area contributed by atoms with Crippen LogP contribution in [-0.4, -0.2) is 70.2 Å². The average Bonchev–Trinajstić information content (AvgIpc) is 3.32. The lowest BCUT2D eigenvalue weighted by molar-refractivity contribution is -0.128. The monoisotopic (exact) mass is 536 g/mol. The molecule has 1 fully saturated rings. The fourth-order valence-electron chi connectivity index (χ4n) is 5.00. The third-order valence-corrected chi connectivity index (χ3v) is 7.68. The first-order valence-electron chi connectivity index (χ1n) is 12.8. The van der Waals surface area contributed by atoms with Gasteiger partial charge in [0.1, 0.15) is 6.04 Å². The van der Waals surface area contributed by atoms with E-state index in [2.05, 4.69) is 53.2 Å². The molecule has 0 spiro atoms. The first-order valence-corrected chi connectivity index (χ1v) is 13.8. The highest BCUT2D eigenvalue weighted by molar-refractivity contribution is 7.99. The van der Waals surface area contributed by atoms with Crippen LogP contribution in [0, 0.1) is 5.92 Å². The van der Waals surface area contributed by atoms with E-state index in [1.54, 1.807) is 0 Å². The van der Waals surface area contributed by atoms with Gasteiger partial charge in [0.05, 0.1) is 0 Å². The van der Waals surface area contributed by atoms with Crippen molar-refractivity contribution in [1.82, 2.24) is 20.0 Å². The Morgan fingerprint density at radius 2 is 1.83 bits per heavy atom. The minimum atomic E-state index is -0.610. The largest absolute Gasteiger partial charge is 0.408 e. The first-order chi connectivity index (χ1) is 16.8. The van der Waals surface area contributed by atoms with Gasteiger partial charge in [0, 0.05) is 17.8 Å². The molecule has 1 unspecified atom stereocenters. The highest BCUT2D eigenvalue weighted by Crippen LogP contribution is 2.39. The van der Waals surface area contributed by atoms with Crippen molar-refractivity contribution in [3.8, 4) is 0 Å². The first kappa shape index (κ1) is 30.3. The van der Waals surface area contributed by atoms with Gasteiger partial charge in [-0.3, -0.25) is 9.59 Å². The van der Waals surface area contributed by atoms with Gasteiger partial charge in [-0.05, 0) is 57.7 Å². The van der Waals surface area contributed by atoms with Gasteiger partial charge < -0.3 is 14.2 Å². The molecule has 1 amide bonds. The molecule has 1 saturated carbocycles. The molecule has 1 aliphatic carbocycles. The maximum absolute atomic E-state index is 13.7. The quantitative estimate of drug-likeness (QED) is 0.178. The maximum atomic E-state index is 13.7. The second kappa shape index (κ2) is 14.7. The van der Waals surface area contributed by atoms with Crippen LogP contribution in [0.5, 0.6) is 0 Å². The number of amides is 1. The molecule has 9 heteroatoms. The van der Waals surface area contributed by atoms with E-state index in [9.17, 15) is 9.59 Å². The molecule has 1 heterocycles. The van der Waals surface area contributed by atoms with E-state index in [1.165, 1.54) is 23.7 Å². The molecule has 0 aliphatic heterocycles. The van der Waals surface area contributed by atoms with Crippen LogP contribution >= 0.6 is 24.2 Å². The summed E-state index contributed by atoms with van der Waals surface area (Å²) in [5.41, 5.74) is 0.917. The molecular formula is C27H41ClN4O3S. The van der Waals surface area contributed by atoms with Crippen LogP contribution in [-0.2, 0) is 11.2 Å². The molecule has 0 saturated heterocycles. The summed E-state index contributed by atoms with van der Waals surface area (Å²) >= 11 is 1.44. The van der Waals surface area contributed by atoms with Crippen LogP contribution in [0.15, 0.2) is 40.0 Å². The predicted octanol–water partition coefficient (Wildman–Crippen LogP) is 5.54. The Labute approximate surface area is 226 Å². The van der Waals surface area contributed by atoms with E-state index in [1.807, 2.05) is 25.1 Å². The molecule has 1 aromatic carbocycles. The zero-order valence-corrected chi connectivity index (χ0v) is 23.7. The van der Waals surface area contributed by atoms with Crippen molar-refractivity contribution < 1.29 is 14.0 Å². The van der Waals surface area contributed by atoms with Crippen LogP contribution in [0.25, 0.3) is 0 Å². The van der Waals surface area contributed by atoms with Gasteiger partial charge in [0.2, 0.25) is 12.2 Å². The van der Waals surface area contributed by atoms with E-state index < -0.39 is 6.04 Å². The van der Waals surface area contributed by atoms with Gasteiger partial charge in [-0.15, -0.1) is 22.6 Å². The number of benzene rings is 1. The van der Waals surface area contributed by atoms with Gasteiger partial charge in [0.25, 0.3) is 11.1 Å². The summed E-state index contributed by atoms with van der Waals surface area (Å²) in [7, 11) is 4.01. The number of aryl methyl sites for hydroxylation is 1. The van der Waals surface area contributed by atoms with Crippen molar-refractivity contribution in [1.29, 1.82) is 0 Å². The zero-order valence-electron chi connectivity index (χ0n) is 22.0. The Hall–Kier alpha value is -1.90. The summed E-state index contributed by atoms with van der Waals surface area (Å²) < 4.78 is 5.76. The summed E-state index contributed by atoms with van der Waals surface area (Å²) in [6.45, 7) is 5.03. The number of halogens is 1. The summed E-state index contributed by atoms with van der Waals surface area (Å²) in [4.78, 5) is 30.3. The third-order valence-electron chi connectivity index (χ3n) is 6.88. The van der Waals surface area contributed by atoms with Crippen molar-refractivity contribution in [3.05, 3.63) is 41.8 Å². The smallest absolute Gasteiger partial charge is 0.286 e. The molecule has 3 rings (SSSR count). The lowest BCUT2D eigenvalue weighted by Crippen LogP contribution is -2.57. The fraction of sp³-hybridized carbons (Fsp3) is 0.630. The zero-order chi connectivity index (χ0) is 25.3. The Bertz CT molecular complexity index is 932. The Morgan fingerprint density at radius 3 is 2.44 bits per heavy atom. The van der Waals surface area contributed by atoms with Crippen molar-refractivity contribution in [2.75, 3.05) is 26.4 Å². The second-order valence-electron chi connectivity index (χ2n) is 10.3. The lowest BCUT2D eigenvalue weighted by atomic mass is 9.75. The summed E-state index contributed by atoms with van der Waals surface area (Å²) in [6.07, 6.45) is 8.31. The van der Waals surface area contributed by atoms with E-state index in [4.69, 9.17) is 4.42 Å². The number of carbonyl (C=O) groups is 2. The Kier molecular flexibility index (Phi) is 12.4. The minimum absolute atomic E-state index is 0. The molecule has 1 atom stereocenters. The van der Waals surface area contributed by atoms with Crippen LogP contribution in [0.2, 0.25) is 0 Å². The number of thioether (sulfide) groups is 1. The van der Waals surface area contributed by atoms with Gasteiger partial charge in [-0.1, -0.05) is 75.2 Å². The van der Waals surface area contributed by atoms with Crippen molar-refractivity contribution in [2.24, 2.45) is 5.92 Å². The molecule has 1 aromatic heterocycles. The van der Waals surface area contributed by atoms with Crippen molar-refractivity contribution in [3.63, 3.8) is 0 Å². The van der Waals surface area contributed by atoms with Gasteiger partial charge in [0.15, 0.2) is 0 Å². The van der Waals surface area contributed by atoms with E-state index in [-0.39, 0.29) is 35.5 Å². The van der Waals surface area contributed by atoms with Gasteiger partial charge in [-0.25, -0.2) is 0 Å². The summed E-state index contributed by atoms with van der Waals surface area (Å²) in [6, 6.07) is 9.77. The number of aromatic nitrogens is 2. The molecule has 2 aromatic rings. The number of hydrogen-bond acceptors (Lipinski definition) is 7. The minimum Gasteiger partial charge on any atom is -0.408 e. The summed E-state index contributed by atoms with van der Waals surface area (Å²) in [5.74, 6) is 0.783. The molecule has 200 valence electrons. The molecule has 0 bridgehead atoms. The standard InChI is InChI=1S/C27H40N4O3S.ClH/c1-21(2)19-23(24(33)25-28-29-26(34-25)35-18-17-30(3)4)31(20-32)27(14-9-6-10-15-27)16-13-22-11-7-5-8-12-22;/h5,7-8,11-12,20-21,23H,6,9-10,13-19H2,1-4H3;1H. The number of Topliss-reactive ketones (excluding diaryl/α,β-unsaturated/α-hetero) is 1. The van der Waals surface area contributed by atoms with Gasteiger partial charge >= 0.3 is 0 Å². The van der Waals surface area contributed by atoms with E-state index in [0.717, 1.165) is 57.2 Å². The van der Waals surface area contributed by atoms with Crippen molar-refractivity contribution >= 4 is 36.4 Å². The van der Waals surface area contributed by atoms with E-state index in [0.29, 0.717) is 11.6 Å². The summed E-state index contributed by atoms with van der Waals surface area (Å²) in [5, 5.41) is 8.56. The Morgan fingerprint density at radius 1 is 1.14 bits per heavy atom. The lowest BCUT2D eigenvalue weighted by Gasteiger charge is -2.48. The highest BCUT2D eigenvalue weighted by Gasteiger charge is 2.44. The average molecular weight is 537 g/mol. The highest BCUT2D eigenvalue weighted by atomic mass is 35.5. The number of ketones is 1. The molecule has 0 radical (unpaired) electrons. The van der Waals surface area contributed by atoms with Crippen LogP contribution in [0.1, 0.15) is 75.0 Å². The second-order valence-corrected chi connectivity index (χ2v) is 11.4. The van der Waals surface area contributed by atoms with Crippen LogP contribution < -0.4 is 0 Å². The molecule has 0 N–H and O–H groups in total. The number of nitrogens with zero attached hydrogens (tertiary/aromatic N) is 4. The number of carbonyl (C=O) groups excluding carboxylic acids is 2. The van der Waals surface area contributed by atoms with Crippen LogP contribution in [0.3, 0.4) is 0 Å². The molecule has 36 heavy (non-hydrogen) atoms. The molecular weight excluding hydrogens is 496 g/mol. The normalized spacial score (nSPS) is 15.9. The maximum Gasteiger partial charge on any atom is 0.286 e. The number of rotatable bonds is 14. The Balaban J connectivity index is 0.00000456.